The molecule has 0 spiro atoms. The largest absolute Gasteiger partial charge is 0.492 e. The number of likely N-dealkylation sites (N-methyl/N-ethyl adjacent to an activating group) is 1. The summed E-state index contributed by atoms with van der Waals surface area (Å²) < 4.78 is 18.6. The molecule has 0 bridgehead atoms. The van der Waals surface area contributed by atoms with Crippen LogP contribution in [0.4, 0.5) is 4.39 Å². The predicted molar refractivity (Wildman–Crippen MR) is 96.0 cm³/mol. The molecule has 2 aromatic rings. The second-order valence-electron chi connectivity index (χ2n) is 6.70. The van der Waals surface area contributed by atoms with E-state index in [9.17, 15) is 4.39 Å². The van der Waals surface area contributed by atoms with Crippen molar-refractivity contribution in [2.24, 2.45) is 0 Å². The van der Waals surface area contributed by atoms with E-state index in [1.807, 2.05) is 0 Å². The molecule has 2 nitrogen and oxygen atoms in total. The van der Waals surface area contributed by atoms with Gasteiger partial charge in [-0.05, 0) is 68.5 Å². The minimum atomic E-state index is -0.227. The van der Waals surface area contributed by atoms with E-state index >= 15 is 0 Å². The van der Waals surface area contributed by atoms with Gasteiger partial charge in [0.05, 0.1) is 0 Å². The quantitative estimate of drug-likeness (QED) is 0.751. The van der Waals surface area contributed by atoms with Crippen LogP contribution in [-0.2, 0) is 0 Å². The Labute approximate surface area is 144 Å². The summed E-state index contributed by atoms with van der Waals surface area (Å²) in [4.78, 5) is 2.41. The van der Waals surface area contributed by atoms with E-state index in [-0.39, 0.29) is 5.82 Å². The molecule has 0 aliphatic heterocycles. The van der Waals surface area contributed by atoms with Crippen LogP contribution in [0.25, 0.3) is 0 Å². The molecule has 0 N–H and O–H groups in total. The summed E-state index contributed by atoms with van der Waals surface area (Å²) in [6.07, 6.45) is 5.01. The van der Waals surface area contributed by atoms with E-state index in [2.05, 4.69) is 42.3 Å². The van der Waals surface area contributed by atoms with Gasteiger partial charge in [0.1, 0.15) is 18.2 Å². The molecule has 1 fully saturated rings. The van der Waals surface area contributed by atoms with Gasteiger partial charge in [0.2, 0.25) is 0 Å². The first-order valence-electron chi connectivity index (χ1n) is 8.86. The molecule has 1 saturated carbocycles. The third kappa shape index (κ3) is 4.57. The fraction of sp³-hybridized carbons (Fsp3) is 0.429. The Morgan fingerprint density at radius 3 is 2.29 bits per heavy atom. The number of nitrogens with zero attached hydrogens (tertiary/aromatic N) is 1. The summed E-state index contributed by atoms with van der Waals surface area (Å²) in [6, 6.07) is 17.7. The van der Waals surface area contributed by atoms with Crippen LogP contribution in [0.3, 0.4) is 0 Å². The van der Waals surface area contributed by atoms with Gasteiger partial charge in [0.25, 0.3) is 0 Å². The summed E-state index contributed by atoms with van der Waals surface area (Å²) >= 11 is 0. The molecule has 3 heteroatoms. The summed E-state index contributed by atoms with van der Waals surface area (Å²) in [5, 5.41) is 0. The van der Waals surface area contributed by atoms with Crippen molar-refractivity contribution >= 4 is 0 Å². The van der Waals surface area contributed by atoms with Crippen LogP contribution in [0.5, 0.6) is 5.75 Å². The van der Waals surface area contributed by atoms with Crippen molar-refractivity contribution in [3.63, 3.8) is 0 Å². The van der Waals surface area contributed by atoms with Crippen LogP contribution in [0.15, 0.2) is 54.6 Å². The van der Waals surface area contributed by atoms with E-state index in [1.54, 1.807) is 12.1 Å². The van der Waals surface area contributed by atoms with Gasteiger partial charge in [-0.3, -0.25) is 0 Å². The van der Waals surface area contributed by atoms with Gasteiger partial charge < -0.3 is 9.64 Å². The molecule has 24 heavy (non-hydrogen) atoms. The van der Waals surface area contributed by atoms with Crippen LogP contribution >= 0.6 is 0 Å². The lowest BCUT2D eigenvalue weighted by Crippen LogP contribution is -2.37. The van der Waals surface area contributed by atoms with E-state index < -0.39 is 0 Å². The summed E-state index contributed by atoms with van der Waals surface area (Å²) in [5.41, 5.74) is 1.48. The second kappa shape index (κ2) is 8.29. The van der Waals surface area contributed by atoms with Crippen LogP contribution in [0.1, 0.15) is 37.2 Å². The number of hydrogen-bond acceptors (Lipinski definition) is 2. The summed E-state index contributed by atoms with van der Waals surface area (Å²) in [7, 11) is 2.18. The monoisotopic (exact) mass is 327 g/mol. The van der Waals surface area contributed by atoms with Gasteiger partial charge in [-0.15, -0.1) is 0 Å². The highest BCUT2D eigenvalue weighted by Crippen LogP contribution is 2.34. The Balaban J connectivity index is 1.40. The molecule has 0 radical (unpaired) electrons. The van der Waals surface area contributed by atoms with Crippen LogP contribution in [0.2, 0.25) is 0 Å². The molecule has 0 saturated heterocycles. The van der Waals surface area contributed by atoms with Crippen molar-refractivity contribution in [2.75, 3.05) is 20.2 Å². The van der Waals surface area contributed by atoms with Crippen molar-refractivity contribution in [3.8, 4) is 5.75 Å². The van der Waals surface area contributed by atoms with Gasteiger partial charge in [-0.1, -0.05) is 30.3 Å². The molecule has 3 rings (SSSR count). The Hall–Kier alpha value is -1.87. The molecule has 0 amide bonds. The van der Waals surface area contributed by atoms with Crippen molar-refractivity contribution in [2.45, 2.75) is 37.6 Å². The molecule has 0 atom stereocenters. The van der Waals surface area contributed by atoms with Crippen LogP contribution < -0.4 is 4.74 Å². The first kappa shape index (κ1) is 17.0. The third-order valence-electron chi connectivity index (χ3n) is 5.12. The zero-order valence-corrected chi connectivity index (χ0v) is 14.3. The number of halogens is 1. The maximum absolute atomic E-state index is 12.9. The molecule has 0 heterocycles. The van der Waals surface area contributed by atoms with Crippen molar-refractivity contribution < 1.29 is 9.13 Å². The lowest BCUT2D eigenvalue weighted by atomic mass is 9.81. The maximum atomic E-state index is 12.9. The molecule has 128 valence electrons. The van der Waals surface area contributed by atoms with Crippen molar-refractivity contribution in [3.05, 3.63) is 66.0 Å². The Morgan fingerprint density at radius 2 is 1.62 bits per heavy atom. The number of rotatable bonds is 6. The van der Waals surface area contributed by atoms with Crippen molar-refractivity contribution in [1.82, 2.24) is 4.90 Å². The SMILES string of the molecule is CN(CCOc1ccc(F)cc1)C1CCC(c2ccccc2)CC1. The highest BCUT2D eigenvalue weighted by atomic mass is 19.1. The lowest BCUT2D eigenvalue weighted by molar-refractivity contribution is 0.154. The fourth-order valence-electron chi connectivity index (χ4n) is 3.60. The second-order valence-corrected chi connectivity index (χ2v) is 6.70. The maximum Gasteiger partial charge on any atom is 0.123 e. The minimum Gasteiger partial charge on any atom is -0.492 e. The predicted octanol–water partition coefficient (Wildman–Crippen LogP) is 4.86. The zero-order chi connectivity index (χ0) is 16.8. The normalized spacial score (nSPS) is 21.0. The molecule has 1 aliphatic carbocycles. The van der Waals surface area contributed by atoms with E-state index in [4.69, 9.17) is 4.74 Å². The van der Waals surface area contributed by atoms with Crippen molar-refractivity contribution in [1.29, 1.82) is 0 Å². The topological polar surface area (TPSA) is 12.5 Å². The first-order chi connectivity index (χ1) is 11.7. The highest BCUT2D eigenvalue weighted by molar-refractivity contribution is 5.22. The molecule has 0 aromatic heterocycles. The minimum absolute atomic E-state index is 0.227. The first-order valence-corrected chi connectivity index (χ1v) is 8.86. The molecule has 0 unspecified atom stereocenters. The number of ether oxygens (including phenoxy) is 1. The molecular formula is C21H26FNO. The molecular weight excluding hydrogens is 301 g/mol. The molecule has 2 aromatic carbocycles. The van der Waals surface area contributed by atoms with E-state index in [0.717, 1.165) is 12.3 Å². The van der Waals surface area contributed by atoms with Crippen LogP contribution in [0, 0.1) is 5.82 Å². The molecule has 1 aliphatic rings. The zero-order valence-electron chi connectivity index (χ0n) is 14.3. The average molecular weight is 327 g/mol. The average Bonchev–Trinajstić information content (AvgIpc) is 2.64. The van der Waals surface area contributed by atoms with Gasteiger partial charge >= 0.3 is 0 Å². The third-order valence-corrected chi connectivity index (χ3v) is 5.12. The van der Waals surface area contributed by atoms with Crippen LogP contribution in [-0.4, -0.2) is 31.1 Å². The fourth-order valence-corrected chi connectivity index (χ4v) is 3.60. The summed E-state index contributed by atoms with van der Waals surface area (Å²) in [5.74, 6) is 1.22. The Kier molecular flexibility index (Phi) is 5.86. The summed E-state index contributed by atoms with van der Waals surface area (Å²) in [6.45, 7) is 1.54. The van der Waals surface area contributed by atoms with E-state index in [0.29, 0.717) is 18.6 Å². The van der Waals surface area contributed by atoms with Gasteiger partial charge in [-0.25, -0.2) is 4.39 Å². The van der Waals surface area contributed by atoms with Gasteiger partial charge in [-0.2, -0.15) is 0 Å². The number of hydrogen-bond donors (Lipinski definition) is 0. The number of benzene rings is 2. The smallest absolute Gasteiger partial charge is 0.123 e. The Morgan fingerprint density at radius 1 is 0.958 bits per heavy atom. The van der Waals surface area contributed by atoms with Gasteiger partial charge in [0, 0.05) is 12.6 Å². The standard InChI is InChI=1S/C21H26FNO/c1-23(15-16-24-21-13-9-19(22)10-14-21)20-11-7-18(8-12-20)17-5-3-2-4-6-17/h2-6,9-10,13-14,18,20H,7-8,11-12,15-16H2,1H3. The lowest BCUT2D eigenvalue weighted by Gasteiger charge is -2.34. The van der Waals surface area contributed by atoms with E-state index in [1.165, 1.54) is 43.4 Å². The Bertz CT molecular complexity index is 605. The van der Waals surface area contributed by atoms with Gasteiger partial charge in [0.15, 0.2) is 0 Å². The highest BCUT2D eigenvalue weighted by Gasteiger charge is 2.24.